The molecule has 0 unspecified atom stereocenters. The number of carbonyl (C=O) groups is 2. The summed E-state index contributed by atoms with van der Waals surface area (Å²) in [4.78, 5) is 24.3. The molecule has 0 atom stereocenters. The Morgan fingerprint density at radius 1 is 1.17 bits per heavy atom. The minimum absolute atomic E-state index is 0.0341. The van der Waals surface area contributed by atoms with Crippen molar-refractivity contribution < 1.29 is 9.59 Å². The summed E-state index contributed by atoms with van der Waals surface area (Å²) < 4.78 is 0. The second-order valence-electron chi connectivity index (χ2n) is 6.92. The molecular weight excluding hydrogens is 288 g/mol. The minimum atomic E-state index is -0.365. The molecular formula is C19H28N2O2. The summed E-state index contributed by atoms with van der Waals surface area (Å²) in [7, 11) is 0. The number of nitrogens with one attached hydrogen (secondary N) is 2. The molecule has 0 radical (unpaired) electrons. The third-order valence-corrected chi connectivity index (χ3v) is 4.49. The number of carbonyl (C=O) groups excluding carboxylic acids is 2. The van der Waals surface area contributed by atoms with Crippen LogP contribution in [0.2, 0.25) is 0 Å². The Hall–Kier alpha value is -1.84. The Morgan fingerprint density at radius 3 is 2.30 bits per heavy atom. The van der Waals surface area contributed by atoms with E-state index in [9.17, 15) is 9.59 Å². The van der Waals surface area contributed by atoms with Gasteiger partial charge in [0.05, 0.1) is 5.41 Å². The van der Waals surface area contributed by atoms with Gasteiger partial charge in [0, 0.05) is 18.7 Å². The zero-order valence-electron chi connectivity index (χ0n) is 14.4. The van der Waals surface area contributed by atoms with E-state index in [1.54, 1.807) is 0 Å². The zero-order chi connectivity index (χ0) is 16.9. The Kier molecular flexibility index (Phi) is 5.80. The van der Waals surface area contributed by atoms with Gasteiger partial charge in [-0.2, -0.15) is 0 Å². The Morgan fingerprint density at radius 2 is 1.83 bits per heavy atom. The molecule has 1 aromatic carbocycles. The van der Waals surface area contributed by atoms with Gasteiger partial charge in [0.25, 0.3) is 0 Å². The lowest BCUT2D eigenvalue weighted by Gasteiger charge is -2.40. The van der Waals surface area contributed by atoms with E-state index in [0.717, 1.165) is 43.5 Å². The second kappa shape index (κ2) is 7.62. The molecule has 0 aromatic heterocycles. The summed E-state index contributed by atoms with van der Waals surface area (Å²) in [5.41, 5.74) is 1.48. The molecule has 0 heterocycles. The van der Waals surface area contributed by atoms with Crippen LogP contribution < -0.4 is 10.6 Å². The number of hydrogen-bond acceptors (Lipinski definition) is 2. The van der Waals surface area contributed by atoms with Crippen LogP contribution in [0.3, 0.4) is 0 Å². The van der Waals surface area contributed by atoms with Crippen molar-refractivity contribution >= 4 is 17.5 Å². The molecule has 1 fully saturated rings. The molecule has 1 aliphatic carbocycles. The first-order chi connectivity index (χ1) is 11.0. The quantitative estimate of drug-likeness (QED) is 0.807. The molecule has 23 heavy (non-hydrogen) atoms. The van der Waals surface area contributed by atoms with Crippen molar-refractivity contribution in [2.75, 3.05) is 11.9 Å². The fraction of sp³-hybridized carbons (Fsp3) is 0.579. The number of benzene rings is 1. The highest BCUT2D eigenvalue weighted by Gasteiger charge is 2.45. The highest BCUT2D eigenvalue weighted by molar-refractivity contribution is 5.91. The van der Waals surface area contributed by atoms with E-state index >= 15 is 0 Å². The molecule has 4 heteroatoms. The molecule has 0 bridgehead atoms. The first-order valence-electron chi connectivity index (χ1n) is 8.66. The van der Waals surface area contributed by atoms with Gasteiger partial charge in [-0.3, -0.25) is 9.59 Å². The molecule has 1 aromatic rings. The van der Waals surface area contributed by atoms with E-state index in [0.29, 0.717) is 12.3 Å². The molecule has 4 nitrogen and oxygen atoms in total. The highest BCUT2D eigenvalue weighted by Crippen LogP contribution is 2.44. The van der Waals surface area contributed by atoms with E-state index in [-0.39, 0.29) is 17.2 Å². The van der Waals surface area contributed by atoms with Gasteiger partial charge < -0.3 is 10.6 Å². The van der Waals surface area contributed by atoms with E-state index in [1.165, 1.54) is 0 Å². The maximum absolute atomic E-state index is 12.5. The van der Waals surface area contributed by atoms with Gasteiger partial charge in [-0.15, -0.1) is 0 Å². The third kappa shape index (κ3) is 4.12. The second-order valence-corrected chi connectivity index (χ2v) is 6.92. The summed E-state index contributed by atoms with van der Waals surface area (Å²) in [6.07, 6.45) is 4.36. The largest absolute Gasteiger partial charge is 0.355 e. The summed E-state index contributed by atoms with van der Waals surface area (Å²) >= 11 is 0. The van der Waals surface area contributed by atoms with Crippen molar-refractivity contribution in [3.05, 3.63) is 29.8 Å². The smallest absolute Gasteiger partial charge is 0.230 e. The van der Waals surface area contributed by atoms with Gasteiger partial charge in [-0.05, 0) is 42.9 Å². The first kappa shape index (κ1) is 17.5. The van der Waals surface area contributed by atoms with Crippen LogP contribution >= 0.6 is 0 Å². The van der Waals surface area contributed by atoms with Gasteiger partial charge in [-0.1, -0.05) is 39.3 Å². The molecule has 2 N–H and O–H groups in total. The molecule has 1 saturated carbocycles. The van der Waals surface area contributed by atoms with Gasteiger partial charge in [0.15, 0.2) is 0 Å². The number of amides is 2. The molecule has 1 aliphatic rings. The lowest BCUT2D eigenvalue weighted by molar-refractivity contribution is -0.129. The molecule has 2 amide bonds. The molecule has 0 saturated heterocycles. The Bertz CT molecular complexity index is 545. The third-order valence-electron chi connectivity index (χ3n) is 4.49. The van der Waals surface area contributed by atoms with Gasteiger partial charge >= 0.3 is 0 Å². The molecule has 0 aliphatic heterocycles. The van der Waals surface area contributed by atoms with E-state index < -0.39 is 0 Å². The Balaban J connectivity index is 2.05. The van der Waals surface area contributed by atoms with Crippen LogP contribution in [-0.2, 0) is 15.0 Å². The predicted octanol–water partition coefficient (Wildman–Crippen LogP) is 3.62. The number of hydrogen-bond donors (Lipinski definition) is 2. The van der Waals surface area contributed by atoms with E-state index in [1.807, 2.05) is 38.1 Å². The monoisotopic (exact) mass is 316 g/mol. The standard InChI is InChI=1S/C19H28N2O2/c1-4-12-20-18(23)19(10-5-11-19)15-6-8-16(9-7-15)21-17(22)13-14(2)3/h6-9,14H,4-5,10-13H2,1-3H3,(H,20,23)(H,21,22). The van der Waals surface area contributed by atoms with Crippen molar-refractivity contribution in [2.45, 2.75) is 58.3 Å². The normalized spacial score (nSPS) is 15.8. The topological polar surface area (TPSA) is 58.2 Å². The van der Waals surface area contributed by atoms with Gasteiger partial charge in [-0.25, -0.2) is 0 Å². The maximum atomic E-state index is 12.5. The summed E-state index contributed by atoms with van der Waals surface area (Å²) in [6.45, 7) is 6.84. The fourth-order valence-corrected chi connectivity index (χ4v) is 3.04. The van der Waals surface area contributed by atoms with Crippen molar-refractivity contribution in [1.29, 1.82) is 0 Å². The van der Waals surface area contributed by atoms with Crippen LogP contribution in [-0.4, -0.2) is 18.4 Å². The maximum Gasteiger partial charge on any atom is 0.230 e. The van der Waals surface area contributed by atoms with Gasteiger partial charge in [0.2, 0.25) is 11.8 Å². The van der Waals surface area contributed by atoms with E-state index in [4.69, 9.17) is 0 Å². The molecule has 2 rings (SSSR count). The number of anilines is 1. The van der Waals surface area contributed by atoms with Crippen LogP contribution in [0.25, 0.3) is 0 Å². The van der Waals surface area contributed by atoms with Crippen molar-refractivity contribution in [2.24, 2.45) is 5.92 Å². The van der Waals surface area contributed by atoms with Crippen LogP contribution in [0.5, 0.6) is 0 Å². The average molecular weight is 316 g/mol. The predicted molar refractivity (Wildman–Crippen MR) is 93.4 cm³/mol. The SMILES string of the molecule is CCCNC(=O)C1(c2ccc(NC(=O)CC(C)C)cc2)CCC1. The summed E-state index contributed by atoms with van der Waals surface area (Å²) in [5.74, 6) is 0.517. The molecule has 126 valence electrons. The van der Waals surface area contributed by atoms with E-state index in [2.05, 4.69) is 17.6 Å². The van der Waals surface area contributed by atoms with Crippen LogP contribution in [0.4, 0.5) is 5.69 Å². The van der Waals surface area contributed by atoms with Crippen LogP contribution in [0.15, 0.2) is 24.3 Å². The minimum Gasteiger partial charge on any atom is -0.355 e. The fourth-order valence-electron chi connectivity index (χ4n) is 3.04. The summed E-state index contributed by atoms with van der Waals surface area (Å²) in [5, 5.41) is 5.95. The van der Waals surface area contributed by atoms with Crippen LogP contribution in [0, 0.1) is 5.92 Å². The zero-order valence-corrected chi connectivity index (χ0v) is 14.4. The highest BCUT2D eigenvalue weighted by atomic mass is 16.2. The van der Waals surface area contributed by atoms with Crippen molar-refractivity contribution in [1.82, 2.24) is 5.32 Å². The average Bonchev–Trinajstić information content (AvgIpc) is 2.44. The number of rotatable bonds is 7. The Labute approximate surface area is 139 Å². The lowest BCUT2D eigenvalue weighted by atomic mass is 9.64. The first-order valence-corrected chi connectivity index (χ1v) is 8.66. The van der Waals surface area contributed by atoms with Crippen molar-refractivity contribution in [3.63, 3.8) is 0 Å². The lowest BCUT2D eigenvalue weighted by Crippen LogP contribution is -2.49. The van der Waals surface area contributed by atoms with Crippen LogP contribution in [0.1, 0.15) is 58.4 Å². The van der Waals surface area contributed by atoms with Gasteiger partial charge in [0.1, 0.15) is 0 Å². The van der Waals surface area contributed by atoms with Crippen molar-refractivity contribution in [3.8, 4) is 0 Å². The summed E-state index contributed by atoms with van der Waals surface area (Å²) in [6, 6.07) is 7.77. The molecule has 0 spiro atoms.